The molecule has 1 aromatic heterocycles. The number of nitrogen functional groups attached to an aromatic ring is 1. The average Bonchev–Trinajstić information content (AvgIpc) is 2.74. The van der Waals surface area contributed by atoms with Crippen LogP contribution in [-0.4, -0.2) is 30.2 Å². The minimum Gasteiger partial charge on any atom is -0.397 e. The summed E-state index contributed by atoms with van der Waals surface area (Å²) >= 11 is 0. The monoisotopic (exact) mass is 281 g/mol. The summed E-state index contributed by atoms with van der Waals surface area (Å²) in [5.41, 5.74) is 6.98. The number of amides is 1. The van der Waals surface area contributed by atoms with Crippen molar-refractivity contribution in [1.29, 1.82) is 0 Å². The van der Waals surface area contributed by atoms with Crippen LogP contribution < -0.4 is 11.1 Å². The lowest BCUT2D eigenvalue weighted by atomic mass is 10.1. The molecule has 114 valence electrons. The fraction of sp³-hybridized carbons (Fsp3) is 0.667. The van der Waals surface area contributed by atoms with E-state index in [1.165, 1.54) is 0 Å². The zero-order valence-electron chi connectivity index (χ0n) is 12.8. The van der Waals surface area contributed by atoms with E-state index in [2.05, 4.69) is 26.1 Å². The minimum absolute atomic E-state index is 0.0948. The van der Waals surface area contributed by atoms with Crippen molar-refractivity contribution in [3.05, 3.63) is 18.0 Å². The topological polar surface area (TPSA) is 69.3 Å². The van der Waals surface area contributed by atoms with Crippen LogP contribution in [-0.2, 0) is 11.3 Å². The van der Waals surface area contributed by atoms with Gasteiger partial charge in [0.2, 0.25) is 0 Å². The molecule has 1 amide bonds. The van der Waals surface area contributed by atoms with Gasteiger partial charge in [-0.15, -0.1) is 0 Å². The molecule has 0 aromatic carbocycles. The Morgan fingerprint density at radius 3 is 2.85 bits per heavy atom. The Labute approximate surface area is 121 Å². The second-order valence-electron chi connectivity index (χ2n) is 5.40. The Morgan fingerprint density at radius 1 is 1.45 bits per heavy atom. The first-order chi connectivity index (χ1) is 9.54. The van der Waals surface area contributed by atoms with Crippen molar-refractivity contribution in [2.45, 2.75) is 40.2 Å². The number of nitrogens with two attached hydrogens (primary N) is 1. The van der Waals surface area contributed by atoms with Crippen molar-refractivity contribution in [2.75, 3.05) is 25.5 Å². The molecule has 0 saturated heterocycles. The van der Waals surface area contributed by atoms with E-state index in [4.69, 9.17) is 10.5 Å². The fourth-order valence-electron chi connectivity index (χ4n) is 1.90. The molecule has 0 fully saturated rings. The van der Waals surface area contributed by atoms with Crippen LogP contribution in [0.4, 0.5) is 5.69 Å². The second kappa shape index (κ2) is 8.64. The Bertz CT molecular complexity index is 413. The summed E-state index contributed by atoms with van der Waals surface area (Å²) in [5.74, 6) is 0.549. The highest BCUT2D eigenvalue weighted by Crippen LogP contribution is 2.11. The van der Waals surface area contributed by atoms with Crippen LogP contribution >= 0.6 is 0 Å². The predicted molar refractivity (Wildman–Crippen MR) is 81.7 cm³/mol. The van der Waals surface area contributed by atoms with Gasteiger partial charge in [-0.05, 0) is 24.8 Å². The van der Waals surface area contributed by atoms with Crippen LogP contribution in [0.1, 0.15) is 44.1 Å². The molecule has 1 aromatic rings. The van der Waals surface area contributed by atoms with Crippen LogP contribution in [0.5, 0.6) is 0 Å². The Morgan fingerprint density at radius 2 is 2.20 bits per heavy atom. The van der Waals surface area contributed by atoms with E-state index in [1.807, 2.05) is 4.57 Å². The standard InChI is InChI=1S/C15H27N3O2/c1-4-7-18-11-13(16)10-14(18)15(19)17-6-9-20-8-5-12(2)3/h10-12H,4-9,16H2,1-3H3,(H,17,19). The average molecular weight is 281 g/mol. The molecule has 0 unspecified atom stereocenters. The maximum atomic E-state index is 12.1. The lowest BCUT2D eigenvalue weighted by Crippen LogP contribution is -2.29. The number of hydrogen-bond donors (Lipinski definition) is 2. The molecule has 0 aliphatic rings. The molecule has 0 bridgehead atoms. The van der Waals surface area contributed by atoms with E-state index in [1.54, 1.807) is 12.3 Å². The fourth-order valence-corrected chi connectivity index (χ4v) is 1.90. The maximum Gasteiger partial charge on any atom is 0.268 e. The summed E-state index contributed by atoms with van der Waals surface area (Å²) in [7, 11) is 0. The molecule has 5 nitrogen and oxygen atoms in total. The third-order valence-electron chi connectivity index (χ3n) is 2.99. The van der Waals surface area contributed by atoms with Gasteiger partial charge in [-0.2, -0.15) is 0 Å². The smallest absolute Gasteiger partial charge is 0.268 e. The van der Waals surface area contributed by atoms with Crippen molar-refractivity contribution in [1.82, 2.24) is 9.88 Å². The summed E-state index contributed by atoms with van der Waals surface area (Å²) < 4.78 is 7.36. The van der Waals surface area contributed by atoms with Gasteiger partial charge in [0.25, 0.3) is 5.91 Å². The van der Waals surface area contributed by atoms with Gasteiger partial charge < -0.3 is 20.4 Å². The van der Waals surface area contributed by atoms with Gasteiger partial charge in [0, 0.05) is 25.9 Å². The number of ether oxygens (including phenoxy) is 1. The maximum absolute atomic E-state index is 12.1. The summed E-state index contributed by atoms with van der Waals surface area (Å²) in [5, 5.41) is 2.86. The van der Waals surface area contributed by atoms with Gasteiger partial charge in [-0.3, -0.25) is 4.79 Å². The molecule has 5 heteroatoms. The molecule has 1 rings (SSSR count). The van der Waals surface area contributed by atoms with Gasteiger partial charge in [0.15, 0.2) is 0 Å². The molecule has 0 aliphatic heterocycles. The number of nitrogens with zero attached hydrogens (tertiary/aromatic N) is 1. The van der Waals surface area contributed by atoms with E-state index < -0.39 is 0 Å². The molecule has 0 aliphatic carbocycles. The number of carbonyl (C=O) groups excluding carboxylic acids is 1. The molecule has 0 atom stereocenters. The highest BCUT2D eigenvalue weighted by Gasteiger charge is 2.11. The molecule has 1 heterocycles. The van der Waals surface area contributed by atoms with Gasteiger partial charge >= 0.3 is 0 Å². The number of hydrogen-bond acceptors (Lipinski definition) is 3. The summed E-state index contributed by atoms with van der Waals surface area (Å²) in [6.07, 6.45) is 3.81. The van der Waals surface area contributed by atoms with Gasteiger partial charge in [0.1, 0.15) is 5.69 Å². The normalized spacial score (nSPS) is 11.0. The SMILES string of the molecule is CCCn1cc(N)cc1C(=O)NCCOCCC(C)C. The van der Waals surface area contributed by atoms with Crippen LogP contribution in [0.2, 0.25) is 0 Å². The summed E-state index contributed by atoms with van der Waals surface area (Å²) in [4.78, 5) is 12.1. The third kappa shape index (κ3) is 5.65. The quantitative estimate of drug-likeness (QED) is 0.682. The number of aromatic nitrogens is 1. The molecule has 0 radical (unpaired) electrons. The summed E-state index contributed by atoms with van der Waals surface area (Å²) in [6, 6.07) is 1.71. The van der Waals surface area contributed by atoms with Crippen molar-refractivity contribution in [3.8, 4) is 0 Å². The van der Waals surface area contributed by atoms with Crippen LogP contribution in [0.3, 0.4) is 0 Å². The van der Waals surface area contributed by atoms with E-state index in [9.17, 15) is 4.79 Å². The van der Waals surface area contributed by atoms with E-state index in [0.29, 0.717) is 30.5 Å². The first kappa shape index (κ1) is 16.6. The largest absolute Gasteiger partial charge is 0.397 e. The van der Waals surface area contributed by atoms with Crippen LogP contribution in [0.25, 0.3) is 0 Å². The van der Waals surface area contributed by atoms with Gasteiger partial charge in [-0.25, -0.2) is 0 Å². The Balaban J connectivity index is 2.32. The lowest BCUT2D eigenvalue weighted by Gasteiger charge is -2.09. The number of anilines is 1. The molecular weight excluding hydrogens is 254 g/mol. The number of rotatable bonds is 9. The van der Waals surface area contributed by atoms with Crippen molar-refractivity contribution in [2.24, 2.45) is 5.92 Å². The molecular formula is C15H27N3O2. The first-order valence-electron chi connectivity index (χ1n) is 7.36. The predicted octanol–water partition coefficient (Wildman–Crippen LogP) is 2.27. The third-order valence-corrected chi connectivity index (χ3v) is 2.99. The molecule has 20 heavy (non-hydrogen) atoms. The Hall–Kier alpha value is -1.49. The second-order valence-corrected chi connectivity index (χ2v) is 5.40. The lowest BCUT2D eigenvalue weighted by molar-refractivity contribution is 0.0897. The minimum atomic E-state index is -0.0948. The van der Waals surface area contributed by atoms with Gasteiger partial charge in [-0.1, -0.05) is 20.8 Å². The Kier molecular flexibility index (Phi) is 7.15. The van der Waals surface area contributed by atoms with E-state index in [0.717, 1.165) is 26.0 Å². The van der Waals surface area contributed by atoms with Crippen molar-refractivity contribution < 1.29 is 9.53 Å². The zero-order chi connectivity index (χ0) is 15.0. The van der Waals surface area contributed by atoms with Crippen LogP contribution in [0.15, 0.2) is 12.3 Å². The molecule has 0 saturated carbocycles. The van der Waals surface area contributed by atoms with Crippen molar-refractivity contribution >= 4 is 11.6 Å². The number of nitrogens with one attached hydrogen (secondary N) is 1. The van der Waals surface area contributed by atoms with Crippen molar-refractivity contribution in [3.63, 3.8) is 0 Å². The highest BCUT2D eigenvalue weighted by atomic mass is 16.5. The number of carbonyl (C=O) groups is 1. The van der Waals surface area contributed by atoms with Crippen LogP contribution in [0, 0.1) is 5.92 Å². The molecule has 0 spiro atoms. The van der Waals surface area contributed by atoms with E-state index >= 15 is 0 Å². The highest BCUT2D eigenvalue weighted by molar-refractivity contribution is 5.93. The first-order valence-corrected chi connectivity index (χ1v) is 7.36. The summed E-state index contributed by atoms with van der Waals surface area (Å²) in [6.45, 7) is 9.00. The number of aryl methyl sites for hydroxylation is 1. The van der Waals surface area contributed by atoms with Gasteiger partial charge in [0.05, 0.1) is 12.3 Å². The molecule has 3 N–H and O–H groups in total. The van der Waals surface area contributed by atoms with E-state index in [-0.39, 0.29) is 5.91 Å². The zero-order valence-corrected chi connectivity index (χ0v) is 12.8.